The van der Waals surface area contributed by atoms with Gasteiger partial charge in [-0.15, -0.1) is 0 Å². The van der Waals surface area contributed by atoms with Gasteiger partial charge in [0.25, 0.3) is 0 Å². The molecule has 0 aliphatic rings. The van der Waals surface area contributed by atoms with Crippen LogP contribution in [0.3, 0.4) is 0 Å². The van der Waals surface area contributed by atoms with Crippen LogP contribution in [0.4, 0.5) is 0 Å². The van der Waals surface area contributed by atoms with Crippen LogP contribution in [0.5, 0.6) is 0 Å². The van der Waals surface area contributed by atoms with Gasteiger partial charge < -0.3 is 5.32 Å². The SMILES string of the molecule is CCC(CC)(CCS(=O)(=O)CC)CNC. The first-order valence-corrected chi connectivity index (χ1v) is 7.62. The van der Waals surface area contributed by atoms with Gasteiger partial charge in [-0.25, -0.2) is 8.42 Å². The van der Waals surface area contributed by atoms with E-state index in [9.17, 15) is 8.42 Å². The Labute approximate surface area is 94.6 Å². The van der Waals surface area contributed by atoms with Gasteiger partial charge in [-0.05, 0) is 31.7 Å². The van der Waals surface area contributed by atoms with Crippen LogP contribution in [0, 0.1) is 5.41 Å². The zero-order valence-electron chi connectivity index (χ0n) is 10.5. The van der Waals surface area contributed by atoms with Gasteiger partial charge in [0.2, 0.25) is 0 Å². The van der Waals surface area contributed by atoms with Crippen molar-refractivity contribution in [3.05, 3.63) is 0 Å². The molecule has 0 heterocycles. The van der Waals surface area contributed by atoms with Crippen molar-refractivity contribution < 1.29 is 8.42 Å². The molecule has 0 fully saturated rings. The Kier molecular flexibility index (Phi) is 6.44. The van der Waals surface area contributed by atoms with Crippen molar-refractivity contribution in [2.75, 3.05) is 25.1 Å². The molecule has 0 aromatic rings. The number of sulfone groups is 1. The minimum atomic E-state index is -2.82. The molecule has 0 saturated carbocycles. The maximum absolute atomic E-state index is 11.5. The first-order valence-electron chi connectivity index (χ1n) is 5.80. The Bertz CT molecular complexity index is 256. The highest BCUT2D eigenvalue weighted by Gasteiger charge is 2.26. The minimum Gasteiger partial charge on any atom is -0.319 e. The Hall–Kier alpha value is -0.0900. The van der Waals surface area contributed by atoms with Crippen molar-refractivity contribution in [3.8, 4) is 0 Å². The van der Waals surface area contributed by atoms with E-state index in [1.54, 1.807) is 6.92 Å². The van der Waals surface area contributed by atoms with E-state index in [1.165, 1.54) is 0 Å². The summed E-state index contributed by atoms with van der Waals surface area (Å²) in [6.07, 6.45) is 2.84. The fraction of sp³-hybridized carbons (Fsp3) is 1.00. The Morgan fingerprint density at radius 1 is 1.13 bits per heavy atom. The molecule has 0 rings (SSSR count). The highest BCUT2D eigenvalue weighted by Crippen LogP contribution is 2.30. The Morgan fingerprint density at radius 3 is 2.00 bits per heavy atom. The first-order chi connectivity index (χ1) is 6.95. The van der Waals surface area contributed by atoms with Crippen molar-refractivity contribution in [3.63, 3.8) is 0 Å². The number of hydrogen-bond acceptors (Lipinski definition) is 3. The Balaban J connectivity index is 4.42. The summed E-state index contributed by atoms with van der Waals surface area (Å²) in [5.41, 5.74) is 0.150. The predicted octanol–water partition coefficient (Wildman–Crippen LogP) is 1.84. The smallest absolute Gasteiger partial charge is 0.150 e. The molecule has 0 bridgehead atoms. The molecule has 0 aliphatic heterocycles. The molecule has 3 nitrogen and oxygen atoms in total. The van der Waals surface area contributed by atoms with Gasteiger partial charge >= 0.3 is 0 Å². The molecule has 1 N–H and O–H groups in total. The van der Waals surface area contributed by atoms with E-state index in [4.69, 9.17) is 0 Å². The van der Waals surface area contributed by atoms with Gasteiger partial charge in [-0.1, -0.05) is 20.8 Å². The average molecular weight is 235 g/mol. The van der Waals surface area contributed by atoms with E-state index in [0.29, 0.717) is 5.75 Å². The second-order valence-corrected chi connectivity index (χ2v) is 6.70. The molecule has 0 aromatic carbocycles. The normalized spacial score (nSPS) is 13.1. The lowest BCUT2D eigenvalue weighted by Gasteiger charge is -2.31. The molecule has 0 radical (unpaired) electrons. The van der Waals surface area contributed by atoms with Crippen molar-refractivity contribution in [2.24, 2.45) is 5.41 Å². The number of rotatable bonds is 8. The standard InChI is InChI=1S/C11H25NO2S/c1-5-11(6-2,10-12-4)8-9-15(13,14)7-3/h12H,5-10H2,1-4H3. The fourth-order valence-corrected chi connectivity index (χ4v) is 2.87. The largest absolute Gasteiger partial charge is 0.319 e. The zero-order valence-corrected chi connectivity index (χ0v) is 11.3. The topological polar surface area (TPSA) is 46.2 Å². The molecule has 0 unspecified atom stereocenters. The van der Waals surface area contributed by atoms with Crippen molar-refractivity contribution in [1.29, 1.82) is 0 Å². The van der Waals surface area contributed by atoms with Gasteiger partial charge in [-0.3, -0.25) is 0 Å². The molecule has 0 saturated heterocycles. The maximum Gasteiger partial charge on any atom is 0.150 e. The van der Waals surface area contributed by atoms with E-state index in [-0.39, 0.29) is 11.2 Å². The molecule has 0 atom stereocenters. The van der Waals surface area contributed by atoms with Gasteiger partial charge in [0, 0.05) is 12.3 Å². The molecule has 0 spiro atoms. The van der Waals surface area contributed by atoms with Crippen LogP contribution in [-0.4, -0.2) is 33.5 Å². The van der Waals surface area contributed by atoms with Crippen LogP contribution in [0.25, 0.3) is 0 Å². The molecule has 4 heteroatoms. The second-order valence-electron chi connectivity index (χ2n) is 4.22. The summed E-state index contributed by atoms with van der Waals surface area (Å²) in [7, 11) is -0.894. The van der Waals surface area contributed by atoms with Crippen molar-refractivity contribution in [1.82, 2.24) is 5.32 Å². The van der Waals surface area contributed by atoms with Crippen molar-refractivity contribution in [2.45, 2.75) is 40.0 Å². The van der Waals surface area contributed by atoms with Crippen LogP contribution < -0.4 is 5.32 Å². The molecular formula is C11H25NO2S. The first kappa shape index (κ1) is 14.9. The second kappa shape index (κ2) is 6.48. The summed E-state index contributed by atoms with van der Waals surface area (Å²) in [4.78, 5) is 0. The molecule has 15 heavy (non-hydrogen) atoms. The summed E-state index contributed by atoms with van der Waals surface area (Å²) >= 11 is 0. The molecular weight excluding hydrogens is 210 g/mol. The predicted molar refractivity (Wildman–Crippen MR) is 65.9 cm³/mol. The molecule has 0 aliphatic carbocycles. The van der Waals surface area contributed by atoms with E-state index < -0.39 is 9.84 Å². The van der Waals surface area contributed by atoms with Crippen molar-refractivity contribution >= 4 is 9.84 Å². The highest BCUT2D eigenvalue weighted by atomic mass is 32.2. The fourth-order valence-electron chi connectivity index (χ4n) is 1.83. The third-order valence-electron chi connectivity index (χ3n) is 3.43. The summed E-state index contributed by atoms with van der Waals surface area (Å²) in [5.74, 6) is 0.586. The highest BCUT2D eigenvalue weighted by molar-refractivity contribution is 7.91. The van der Waals surface area contributed by atoms with Crippen LogP contribution in [0.15, 0.2) is 0 Å². The Morgan fingerprint density at radius 2 is 1.67 bits per heavy atom. The van der Waals surface area contributed by atoms with E-state index in [2.05, 4.69) is 19.2 Å². The van der Waals surface area contributed by atoms with Crippen LogP contribution >= 0.6 is 0 Å². The third-order valence-corrected chi connectivity index (χ3v) is 5.14. The van der Waals surface area contributed by atoms with Gasteiger partial charge in [-0.2, -0.15) is 0 Å². The lowest BCUT2D eigenvalue weighted by Crippen LogP contribution is -2.33. The summed E-state index contributed by atoms with van der Waals surface area (Å²) < 4.78 is 22.9. The molecule has 92 valence electrons. The van der Waals surface area contributed by atoms with Crippen LogP contribution in [-0.2, 0) is 9.84 Å². The summed E-state index contributed by atoms with van der Waals surface area (Å²) in [6, 6.07) is 0. The monoisotopic (exact) mass is 235 g/mol. The molecule has 0 aromatic heterocycles. The lowest BCUT2D eigenvalue weighted by molar-refractivity contribution is 0.246. The quantitative estimate of drug-likeness (QED) is 0.698. The lowest BCUT2D eigenvalue weighted by atomic mass is 9.80. The van der Waals surface area contributed by atoms with E-state index in [0.717, 1.165) is 25.8 Å². The van der Waals surface area contributed by atoms with Crippen LogP contribution in [0.2, 0.25) is 0 Å². The number of nitrogens with one attached hydrogen (secondary N) is 1. The molecule has 0 amide bonds. The van der Waals surface area contributed by atoms with Gasteiger partial charge in [0.15, 0.2) is 0 Å². The number of hydrogen-bond donors (Lipinski definition) is 1. The zero-order chi connectivity index (χ0) is 11.9. The van der Waals surface area contributed by atoms with E-state index >= 15 is 0 Å². The minimum absolute atomic E-state index is 0.150. The van der Waals surface area contributed by atoms with Gasteiger partial charge in [0.1, 0.15) is 9.84 Å². The van der Waals surface area contributed by atoms with Crippen LogP contribution in [0.1, 0.15) is 40.0 Å². The summed E-state index contributed by atoms with van der Waals surface area (Å²) in [5, 5.41) is 3.17. The maximum atomic E-state index is 11.5. The third kappa shape index (κ3) is 4.98. The van der Waals surface area contributed by atoms with Gasteiger partial charge in [0.05, 0.1) is 5.75 Å². The summed E-state index contributed by atoms with van der Waals surface area (Å²) in [6.45, 7) is 6.89. The average Bonchev–Trinajstić information content (AvgIpc) is 2.24. The van der Waals surface area contributed by atoms with E-state index in [1.807, 2.05) is 7.05 Å².